The molecule has 1 atom stereocenters. The number of hydrogen-bond acceptors (Lipinski definition) is 8. The van der Waals surface area contributed by atoms with Gasteiger partial charge in [-0.25, -0.2) is 9.79 Å². The van der Waals surface area contributed by atoms with E-state index in [9.17, 15) is 9.59 Å². The number of esters is 1. The van der Waals surface area contributed by atoms with Gasteiger partial charge in [0.1, 0.15) is 11.5 Å². The lowest BCUT2D eigenvalue weighted by molar-refractivity contribution is -0.139. The second-order valence-corrected chi connectivity index (χ2v) is 10.6. The van der Waals surface area contributed by atoms with Gasteiger partial charge in [-0.1, -0.05) is 40.6 Å². The van der Waals surface area contributed by atoms with Crippen molar-refractivity contribution in [3.05, 3.63) is 101 Å². The molecule has 0 aliphatic carbocycles. The van der Waals surface area contributed by atoms with Gasteiger partial charge in [0.25, 0.3) is 5.56 Å². The zero-order chi connectivity index (χ0) is 28.6. The van der Waals surface area contributed by atoms with Crippen LogP contribution in [0.25, 0.3) is 17.4 Å². The summed E-state index contributed by atoms with van der Waals surface area (Å²) < 4.78 is 24.1. The van der Waals surface area contributed by atoms with Crippen molar-refractivity contribution in [2.75, 3.05) is 20.8 Å². The van der Waals surface area contributed by atoms with Gasteiger partial charge in [-0.3, -0.25) is 9.36 Å². The van der Waals surface area contributed by atoms with E-state index in [2.05, 4.69) is 4.99 Å². The van der Waals surface area contributed by atoms with E-state index in [1.54, 1.807) is 68.5 Å². The molecule has 0 saturated heterocycles. The van der Waals surface area contributed by atoms with Gasteiger partial charge in [-0.15, -0.1) is 0 Å². The van der Waals surface area contributed by atoms with Crippen LogP contribution in [0.5, 0.6) is 11.5 Å². The summed E-state index contributed by atoms with van der Waals surface area (Å²) >= 11 is 13.6. The summed E-state index contributed by atoms with van der Waals surface area (Å²) in [5, 5.41) is 0.966. The Bertz CT molecular complexity index is 1840. The van der Waals surface area contributed by atoms with E-state index in [1.165, 1.54) is 30.1 Å². The number of thiazole rings is 1. The molecule has 0 radical (unpaired) electrons. The summed E-state index contributed by atoms with van der Waals surface area (Å²) in [4.78, 5) is 32.0. The number of allylic oxidation sites excluding steroid dienone is 1. The number of methoxy groups -OCH3 is 2. The first-order valence-corrected chi connectivity index (χ1v) is 13.8. The summed E-state index contributed by atoms with van der Waals surface area (Å²) in [7, 11) is 3.06. The molecular weight excluding hydrogens is 575 g/mol. The van der Waals surface area contributed by atoms with Gasteiger partial charge < -0.3 is 18.6 Å². The Morgan fingerprint density at radius 3 is 2.58 bits per heavy atom. The lowest BCUT2D eigenvalue weighted by atomic mass is 9.95. The first kappa shape index (κ1) is 27.8. The Labute approximate surface area is 243 Å². The molecule has 1 aliphatic rings. The minimum atomic E-state index is -0.794. The highest BCUT2D eigenvalue weighted by Crippen LogP contribution is 2.36. The maximum Gasteiger partial charge on any atom is 0.338 e. The molecule has 0 amide bonds. The highest BCUT2D eigenvalue weighted by atomic mass is 35.5. The van der Waals surface area contributed by atoms with Gasteiger partial charge in [0, 0.05) is 16.7 Å². The maximum absolute atomic E-state index is 13.9. The number of carbonyl (C=O) groups excluding carboxylic acids is 1. The lowest BCUT2D eigenvalue weighted by Gasteiger charge is -2.25. The van der Waals surface area contributed by atoms with Gasteiger partial charge in [-0.05, 0) is 61.9 Å². The standard InChI is InChI=1S/C29H24Cl2N2O6S/c1-5-38-28(35)25-15(2)32-29-33(26(25)16-6-10-22(36-3)23(12-16)37-4)27(34)24(40-29)14-18-8-11-21(39-18)19-9-7-17(30)13-20(19)31/h6-14,26H,5H2,1-4H3/b24-14+/t26-/m0/s1. The van der Waals surface area contributed by atoms with E-state index < -0.39 is 12.0 Å². The molecule has 0 unspecified atom stereocenters. The van der Waals surface area contributed by atoms with Crippen LogP contribution in [0.1, 0.15) is 31.2 Å². The monoisotopic (exact) mass is 598 g/mol. The number of hydrogen-bond donors (Lipinski definition) is 0. The summed E-state index contributed by atoms with van der Waals surface area (Å²) in [5.74, 6) is 1.42. The lowest BCUT2D eigenvalue weighted by Crippen LogP contribution is -2.39. The molecule has 8 nitrogen and oxygen atoms in total. The van der Waals surface area contributed by atoms with Crippen molar-refractivity contribution in [1.29, 1.82) is 0 Å². The average Bonchev–Trinajstić information content (AvgIpc) is 3.51. The predicted octanol–water partition coefficient (Wildman–Crippen LogP) is 5.38. The molecule has 0 N–H and O–H groups in total. The Kier molecular flexibility index (Phi) is 7.89. The van der Waals surface area contributed by atoms with Crippen molar-refractivity contribution in [3.8, 4) is 22.8 Å². The molecule has 2 aromatic heterocycles. The summed E-state index contributed by atoms with van der Waals surface area (Å²) in [6, 6.07) is 13.1. The SMILES string of the molecule is CCOC(=O)C1=C(C)N=c2s/c(=C/c3ccc(-c4ccc(Cl)cc4Cl)o3)c(=O)n2[C@H]1c1ccc(OC)c(OC)c1. The summed E-state index contributed by atoms with van der Waals surface area (Å²) in [5.41, 5.74) is 1.71. The van der Waals surface area contributed by atoms with Crippen LogP contribution in [0.4, 0.5) is 0 Å². The number of benzene rings is 2. The Morgan fingerprint density at radius 1 is 1.10 bits per heavy atom. The van der Waals surface area contributed by atoms with Crippen molar-refractivity contribution in [2.45, 2.75) is 19.9 Å². The Morgan fingerprint density at radius 2 is 1.88 bits per heavy atom. The number of halogens is 2. The zero-order valence-corrected chi connectivity index (χ0v) is 24.3. The number of nitrogens with zero attached hydrogens (tertiary/aromatic N) is 2. The van der Waals surface area contributed by atoms with Gasteiger partial charge in [0.05, 0.1) is 47.7 Å². The van der Waals surface area contributed by atoms with Crippen LogP contribution in [0.3, 0.4) is 0 Å². The van der Waals surface area contributed by atoms with E-state index in [0.29, 0.717) is 59.2 Å². The van der Waals surface area contributed by atoms with Gasteiger partial charge in [0.2, 0.25) is 0 Å². The third kappa shape index (κ3) is 5.08. The van der Waals surface area contributed by atoms with Crippen molar-refractivity contribution in [3.63, 3.8) is 0 Å². The highest BCUT2D eigenvalue weighted by Gasteiger charge is 2.34. The molecule has 0 fully saturated rings. The molecule has 4 aromatic rings. The molecule has 2 aromatic carbocycles. The van der Waals surface area contributed by atoms with Crippen LogP contribution in [0.15, 0.2) is 74.0 Å². The first-order chi connectivity index (χ1) is 19.2. The maximum atomic E-state index is 13.9. The highest BCUT2D eigenvalue weighted by molar-refractivity contribution is 7.07. The molecule has 1 aliphatic heterocycles. The third-order valence-corrected chi connectivity index (χ3v) is 7.87. The van der Waals surface area contributed by atoms with Crippen LogP contribution in [-0.2, 0) is 9.53 Å². The second-order valence-electron chi connectivity index (χ2n) is 8.74. The first-order valence-electron chi connectivity index (χ1n) is 12.2. The van der Waals surface area contributed by atoms with Crippen LogP contribution < -0.4 is 24.4 Å². The number of aromatic nitrogens is 1. The van der Waals surface area contributed by atoms with Crippen LogP contribution in [0, 0.1) is 0 Å². The minimum Gasteiger partial charge on any atom is -0.493 e. The van der Waals surface area contributed by atoms with Crippen molar-refractivity contribution in [1.82, 2.24) is 4.57 Å². The number of rotatable bonds is 7. The van der Waals surface area contributed by atoms with Gasteiger partial charge in [-0.2, -0.15) is 0 Å². The molecule has 0 spiro atoms. The van der Waals surface area contributed by atoms with Crippen molar-refractivity contribution >= 4 is 46.6 Å². The number of carbonyl (C=O) groups is 1. The summed E-state index contributed by atoms with van der Waals surface area (Å²) in [6.07, 6.45) is 1.65. The van der Waals surface area contributed by atoms with Gasteiger partial charge in [0.15, 0.2) is 16.3 Å². The van der Waals surface area contributed by atoms with Crippen LogP contribution in [-0.4, -0.2) is 31.4 Å². The topological polar surface area (TPSA) is 92.3 Å². The molecule has 11 heteroatoms. The fourth-order valence-corrected chi connectivity index (χ4v) is 6.05. The quantitative estimate of drug-likeness (QED) is 0.265. The van der Waals surface area contributed by atoms with E-state index in [0.717, 1.165) is 0 Å². The molecule has 3 heterocycles. The smallest absolute Gasteiger partial charge is 0.338 e. The molecule has 0 bridgehead atoms. The van der Waals surface area contributed by atoms with E-state index in [1.807, 2.05) is 0 Å². The minimum absolute atomic E-state index is 0.178. The largest absolute Gasteiger partial charge is 0.493 e. The average molecular weight is 599 g/mol. The molecule has 206 valence electrons. The van der Waals surface area contributed by atoms with E-state index >= 15 is 0 Å². The predicted molar refractivity (Wildman–Crippen MR) is 154 cm³/mol. The van der Waals surface area contributed by atoms with E-state index in [4.69, 9.17) is 41.8 Å². The molecular formula is C29H24Cl2N2O6S. The molecule has 40 heavy (non-hydrogen) atoms. The number of ether oxygens (including phenoxy) is 3. The number of fused-ring (bicyclic) bond motifs is 1. The fraction of sp³-hybridized carbons (Fsp3) is 0.207. The van der Waals surface area contributed by atoms with Gasteiger partial charge >= 0.3 is 5.97 Å². The fourth-order valence-electron chi connectivity index (χ4n) is 4.52. The number of furan rings is 1. The van der Waals surface area contributed by atoms with Crippen LogP contribution in [0.2, 0.25) is 10.0 Å². The third-order valence-electron chi connectivity index (χ3n) is 6.34. The second kappa shape index (κ2) is 11.4. The normalized spacial score (nSPS) is 15.1. The zero-order valence-electron chi connectivity index (χ0n) is 22.0. The summed E-state index contributed by atoms with van der Waals surface area (Å²) in [6.45, 7) is 3.63. The van der Waals surface area contributed by atoms with E-state index in [-0.39, 0.29) is 17.7 Å². The van der Waals surface area contributed by atoms with Crippen molar-refractivity contribution < 1.29 is 23.4 Å². The Balaban J connectivity index is 1.65. The van der Waals surface area contributed by atoms with Crippen molar-refractivity contribution in [2.24, 2.45) is 4.99 Å². The van der Waals surface area contributed by atoms with Crippen LogP contribution >= 0.6 is 34.5 Å². The molecule has 0 saturated carbocycles. The Hall–Kier alpha value is -3.79. The molecule has 5 rings (SSSR count).